The molecule has 1 aromatic carbocycles. The molecule has 2 amide bonds. The number of amides is 2. The monoisotopic (exact) mass is 264 g/mol. The van der Waals surface area contributed by atoms with Crippen molar-refractivity contribution < 1.29 is 9.59 Å². The molecule has 0 radical (unpaired) electrons. The van der Waals surface area contributed by atoms with Crippen LogP contribution in [0.15, 0.2) is 18.2 Å². The number of fused-ring (bicyclic) bond motifs is 1. The molecule has 1 aliphatic heterocycles. The molecule has 0 spiro atoms. The summed E-state index contributed by atoms with van der Waals surface area (Å²) in [6, 6.07) is 5.92. The number of carbonyl (C=O) groups excluding carboxylic acids is 2. The minimum atomic E-state index is -0.332. The first-order valence-corrected chi connectivity index (χ1v) is 6.23. The maximum Gasteiger partial charge on any atom is 0.276 e. The van der Waals surface area contributed by atoms with Gasteiger partial charge in [-0.15, -0.1) is 0 Å². The maximum atomic E-state index is 11.3. The summed E-state index contributed by atoms with van der Waals surface area (Å²) in [4.78, 5) is 22.1. The van der Waals surface area contributed by atoms with Gasteiger partial charge in [0.1, 0.15) is 0 Å². The highest BCUT2D eigenvalue weighted by Gasteiger charge is 2.24. The molecule has 5 heteroatoms. The Kier molecular flexibility index (Phi) is 3.34. The van der Waals surface area contributed by atoms with Gasteiger partial charge in [0.2, 0.25) is 5.91 Å². The molecule has 1 aromatic rings. The van der Waals surface area contributed by atoms with E-state index in [4.69, 9.17) is 0 Å². The summed E-state index contributed by atoms with van der Waals surface area (Å²) in [6.45, 7) is 4.60. The second-order valence-corrected chi connectivity index (χ2v) is 5.55. The molecule has 0 saturated carbocycles. The van der Waals surface area contributed by atoms with Gasteiger partial charge < -0.3 is 10.6 Å². The van der Waals surface area contributed by atoms with E-state index in [9.17, 15) is 9.59 Å². The Morgan fingerprint density at radius 3 is 2.89 bits per heavy atom. The molecule has 0 fully saturated rings. The third kappa shape index (κ3) is 2.67. The number of thiol groups is 1. The van der Waals surface area contributed by atoms with Crippen molar-refractivity contribution in [2.75, 3.05) is 11.9 Å². The van der Waals surface area contributed by atoms with Gasteiger partial charge in [-0.3, -0.25) is 9.59 Å². The minimum absolute atomic E-state index is 0.0311. The second kappa shape index (κ2) is 4.65. The van der Waals surface area contributed by atoms with Gasteiger partial charge in [0.05, 0.1) is 6.42 Å². The van der Waals surface area contributed by atoms with E-state index >= 15 is 0 Å². The first-order valence-electron chi connectivity index (χ1n) is 5.78. The summed E-state index contributed by atoms with van der Waals surface area (Å²) in [5.74, 6) is 0.0311. The van der Waals surface area contributed by atoms with Crippen LogP contribution in [0, 0.1) is 0 Å². The highest BCUT2D eigenvalue weighted by molar-refractivity contribution is 7.96. The number of rotatable bonds is 3. The quantitative estimate of drug-likeness (QED) is 0.732. The third-order valence-corrected chi connectivity index (χ3v) is 3.35. The van der Waals surface area contributed by atoms with Gasteiger partial charge >= 0.3 is 0 Å². The van der Waals surface area contributed by atoms with Gasteiger partial charge in [-0.2, -0.15) is 0 Å². The first kappa shape index (κ1) is 13.0. The van der Waals surface area contributed by atoms with E-state index in [1.54, 1.807) is 0 Å². The van der Waals surface area contributed by atoms with Crippen LogP contribution in [0.3, 0.4) is 0 Å². The zero-order chi connectivity index (χ0) is 13.3. The Hall–Kier alpha value is -1.49. The Morgan fingerprint density at radius 1 is 1.50 bits per heavy atom. The molecule has 2 rings (SSSR count). The zero-order valence-electron chi connectivity index (χ0n) is 10.4. The van der Waals surface area contributed by atoms with Crippen LogP contribution in [0.2, 0.25) is 0 Å². The van der Waals surface area contributed by atoms with Crippen molar-refractivity contribution in [3.05, 3.63) is 29.3 Å². The fourth-order valence-electron chi connectivity index (χ4n) is 2.05. The Bertz CT molecular complexity index is 512. The minimum Gasteiger partial charge on any atom is -0.346 e. The Labute approximate surface area is 112 Å². The number of nitrogens with one attached hydrogen (secondary N) is 2. The van der Waals surface area contributed by atoms with Crippen molar-refractivity contribution in [2.45, 2.75) is 25.7 Å². The molecule has 96 valence electrons. The molecule has 0 aliphatic carbocycles. The van der Waals surface area contributed by atoms with Gasteiger partial charge in [-0.25, -0.2) is 0 Å². The first-order chi connectivity index (χ1) is 8.38. The Balaban J connectivity index is 2.21. The molecule has 0 atom stereocenters. The van der Waals surface area contributed by atoms with E-state index < -0.39 is 0 Å². The van der Waals surface area contributed by atoms with Crippen LogP contribution in [-0.2, 0) is 16.6 Å². The van der Waals surface area contributed by atoms with E-state index in [2.05, 4.69) is 23.3 Å². The summed E-state index contributed by atoms with van der Waals surface area (Å²) in [7, 11) is 0. The molecule has 18 heavy (non-hydrogen) atoms. The predicted molar refractivity (Wildman–Crippen MR) is 74.2 cm³/mol. The smallest absolute Gasteiger partial charge is 0.276 e. The lowest BCUT2D eigenvalue weighted by molar-refractivity contribution is -0.115. The lowest BCUT2D eigenvalue weighted by Gasteiger charge is -2.25. The summed E-state index contributed by atoms with van der Waals surface area (Å²) in [5.41, 5.74) is 2.80. The number of carbonyl (C=O) groups is 2. The summed E-state index contributed by atoms with van der Waals surface area (Å²) < 4.78 is 0. The topological polar surface area (TPSA) is 58.2 Å². The van der Waals surface area contributed by atoms with Crippen LogP contribution in [-0.4, -0.2) is 17.7 Å². The normalized spacial score (nSPS) is 14.1. The number of hydrogen-bond acceptors (Lipinski definition) is 2. The largest absolute Gasteiger partial charge is 0.346 e. The standard InChI is InChI=1S/C13H16N2O2S/c1-13(2,7-14-12(17)18)9-3-4-10-8(5-9)6-11(16)15-10/h3-5H,6-7H2,1-2H3,(H,15,16)(H2,14,17,18). The van der Waals surface area contributed by atoms with Crippen molar-refractivity contribution in [3.8, 4) is 0 Å². The van der Waals surface area contributed by atoms with E-state index in [-0.39, 0.29) is 16.6 Å². The Morgan fingerprint density at radius 2 is 2.22 bits per heavy atom. The average Bonchev–Trinajstić information content (AvgIpc) is 2.65. The molecule has 2 N–H and O–H groups in total. The van der Waals surface area contributed by atoms with Crippen LogP contribution < -0.4 is 10.6 Å². The predicted octanol–water partition coefficient (Wildman–Crippen LogP) is 2.10. The molecular formula is C13H16N2O2S. The van der Waals surface area contributed by atoms with Crippen molar-refractivity contribution in [3.63, 3.8) is 0 Å². The van der Waals surface area contributed by atoms with E-state index in [1.165, 1.54) is 0 Å². The maximum absolute atomic E-state index is 11.3. The summed E-state index contributed by atoms with van der Waals surface area (Å²) in [6.07, 6.45) is 0.429. The number of anilines is 1. The lowest BCUT2D eigenvalue weighted by atomic mass is 9.83. The van der Waals surface area contributed by atoms with Gasteiger partial charge in [0.15, 0.2) is 0 Å². The number of benzene rings is 1. The zero-order valence-corrected chi connectivity index (χ0v) is 11.3. The molecule has 0 saturated heterocycles. The summed E-state index contributed by atoms with van der Waals surface area (Å²) in [5, 5.41) is 5.18. The summed E-state index contributed by atoms with van der Waals surface area (Å²) >= 11 is 3.69. The lowest BCUT2D eigenvalue weighted by Crippen LogP contribution is -2.34. The molecule has 0 bridgehead atoms. The van der Waals surface area contributed by atoms with Crippen LogP contribution in [0.4, 0.5) is 10.5 Å². The highest BCUT2D eigenvalue weighted by Crippen LogP contribution is 2.29. The van der Waals surface area contributed by atoms with E-state index in [1.807, 2.05) is 32.0 Å². The van der Waals surface area contributed by atoms with Crippen LogP contribution >= 0.6 is 12.6 Å². The van der Waals surface area contributed by atoms with Crippen molar-refractivity contribution >= 4 is 29.5 Å². The second-order valence-electron chi connectivity index (χ2n) is 5.14. The molecular weight excluding hydrogens is 248 g/mol. The van der Waals surface area contributed by atoms with Gasteiger partial charge in [0, 0.05) is 17.6 Å². The van der Waals surface area contributed by atoms with Crippen LogP contribution in [0.25, 0.3) is 0 Å². The van der Waals surface area contributed by atoms with Gasteiger partial charge in [-0.1, -0.05) is 38.6 Å². The molecule has 4 nitrogen and oxygen atoms in total. The molecule has 1 heterocycles. The SMILES string of the molecule is CC(C)(CNC(=O)S)c1ccc2c(c1)CC(=O)N2. The fourth-order valence-corrected chi connectivity index (χ4v) is 2.13. The highest BCUT2D eigenvalue weighted by atomic mass is 32.1. The van der Waals surface area contributed by atoms with Crippen LogP contribution in [0.1, 0.15) is 25.0 Å². The van der Waals surface area contributed by atoms with Gasteiger partial charge in [-0.05, 0) is 17.2 Å². The van der Waals surface area contributed by atoms with E-state index in [0.717, 1.165) is 16.8 Å². The molecule has 0 unspecified atom stereocenters. The molecule has 0 aromatic heterocycles. The number of hydrogen-bond donors (Lipinski definition) is 3. The third-order valence-electron chi connectivity index (χ3n) is 3.19. The van der Waals surface area contributed by atoms with Crippen LogP contribution in [0.5, 0.6) is 0 Å². The van der Waals surface area contributed by atoms with Crippen molar-refractivity contribution in [1.29, 1.82) is 0 Å². The average molecular weight is 264 g/mol. The van der Waals surface area contributed by atoms with Crippen molar-refractivity contribution in [1.82, 2.24) is 5.32 Å². The molecule has 1 aliphatic rings. The fraction of sp³-hybridized carbons (Fsp3) is 0.385. The van der Waals surface area contributed by atoms with E-state index in [0.29, 0.717) is 13.0 Å². The van der Waals surface area contributed by atoms with Crippen molar-refractivity contribution in [2.24, 2.45) is 0 Å². The van der Waals surface area contributed by atoms with Gasteiger partial charge in [0.25, 0.3) is 5.24 Å².